The molecule has 1 amide bonds. The second-order valence-corrected chi connectivity index (χ2v) is 7.84. The van der Waals surface area contributed by atoms with Gasteiger partial charge < -0.3 is 15.0 Å². The lowest BCUT2D eigenvalue weighted by Gasteiger charge is -2.40. The van der Waals surface area contributed by atoms with Crippen LogP contribution in [0.2, 0.25) is 0 Å². The summed E-state index contributed by atoms with van der Waals surface area (Å²) in [4.78, 5) is 17.4. The van der Waals surface area contributed by atoms with Crippen LogP contribution in [0.25, 0.3) is 0 Å². The number of hydrogen-bond acceptors (Lipinski definition) is 4. The van der Waals surface area contributed by atoms with E-state index in [1.165, 1.54) is 18.4 Å². The van der Waals surface area contributed by atoms with Crippen LogP contribution in [0.1, 0.15) is 47.5 Å². The van der Waals surface area contributed by atoms with Gasteiger partial charge in [-0.25, -0.2) is 0 Å². The highest BCUT2D eigenvalue weighted by atomic mass is 16.5. The first kappa shape index (κ1) is 18.0. The van der Waals surface area contributed by atoms with Gasteiger partial charge in [-0.1, -0.05) is 12.1 Å². The van der Waals surface area contributed by atoms with E-state index in [0.29, 0.717) is 12.0 Å². The molecule has 3 heterocycles. The van der Waals surface area contributed by atoms with Crippen molar-refractivity contribution < 1.29 is 9.53 Å². The van der Waals surface area contributed by atoms with Crippen LogP contribution in [-0.2, 0) is 4.74 Å². The Hall–Kier alpha value is -1.43. The third-order valence-corrected chi connectivity index (χ3v) is 6.23. The summed E-state index contributed by atoms with van der Waals surface area (Å²) in [5, 5.41) is 3.47. The lowest BCUT2D eigenvalue weighted by Crippen LogP contribution is -2.53. The van der Waals surface area contributed by atoms with Crippen LogP contribution in [0.15, 0.2) is 24.3 Å². The SMILES string of the molecule is O=C(c1ccc([C@H]2CCCNC2)cc1)N1CCN(C2CCOCC2)CC1. The van der Waals surface area contributed by atoms with E-state index in [0.717, 1.165) is 70.9 Å². The smallest absolute Gasteiger partial charge is 0.253 e. The van der Waals surface area contributed by atoms with Crippen LogP contribution in [0, 0.1) is 0 Å². The summed E-state index contributed by atoms with van der Waals surface area (Å²) in [6.07, 6.45) is 4.74. The second kappa shape index (κ2) is 8.51. The highest BCUT2D eigenvalue weighted by molar-refractivity contribution is 5.94. The summed E-state index contributed by atoms with van der Waals surface area (Å²) in [6, 6.07) is 9.00. The van der Waals surface area contributed by atoms with Crippen molar-refractivity contribution in [2.45, 2.75) is 37.6 Å². The zero-order valence-corrected chi connectivity index (χ0v) is 15.7. The molecule has 26 heavy (non-hydrogen) atoms. The third kappa shape index (κ3) is 4.11. The van der Waals surface area contributed by atoms with Gasteiger partial charge in [-0.05, 0) is 55.8 Å². The minimum Gasteiger partial charge on any atom is -0.381 e. The van der Waals surface area contributed by atoms with Crippen LogP contribution in [0.5, 0.6) is 0 Å². The fourth-order valence-electron chi connectivity index (χ4n) is 4.56. The summed E-state index contributed by atoms with van der Waals surface area (Å²) in [5.41, 5.74) is 2.19. The van der Waals surface area contributed by atoms with Crippen molar-refractivity contribution in [3.05, 3.63) is 35.4 Å². The van der Waals surface area contributed by atoms with Crippen molar-refractivity contribution in [2.24, 2.45) is 0 Å². The van der Waals surface area contributed by atoms with Crippen molar-refractivity contribution in [2.75, 3.05) is 52.5 Å². The first-order valence-corrected chi connectivity index (χ1v) is 10.2. The molecule has 0 aliphatic carbocycles. The van der Waals surface area contributed by atoms with Gasteiger partial charge >= 0.3 is 0 Å². The summed E-state index contributed by atoms with van der Waals surface area (Å²) < 4.78 is 5.47. The number of benzene rings is 1. The molecule has 3 saturated heterocycles. The molecule has 3 aliphatic rings. The van der Waals surface area contributed by atoms with Crippen LogP contribution in [0.3, 0.4) is 0 Å². The van der Waals surface area contributed by atoms with Gasteiger partial charge in [-0.15, -0.1) is 0 Å². The molecule has 0 aromatic heterocycles. The number of carbonyl (C=O) groups is 1. The van der Waals surface area contributed by atoms with Gasteiger partial charge in [0.05, 0.1) is 0 Å². The van der Waals surface area contributed by atoms with E-state index in [9.17, 15) is 4.79 Å². The maximum Gasteiger partial charge on any atom is 0.253 e. The average molecular weight is 357 g/mol. The van der Waals surface area contributed by atoms with E-state index in [2.05, 4.69) is 22.3 Å². The molecule has 3 aliphatic heterocycles. The molecule has 3 fully saturated rings. The zero-order valence-electron chi connectivity index (χ0n) is 15.7. The Balaban J connectivity index is 1.31. The monoisotopic (exact) mass is 357 g/mol. The molecule has 0 bridgehead atoms. The Kier molecular flexibility index (Phi) is 5.88. The number of rotatable bonds is 3. The van der Waals surface area contributed by atoms with Gasteiger partial charge in [0.2, 0.25) is 0 Å². The molecule has 0 radical (unpaired) electrons. The minimum absolute atomic E-state index is 0.185. The molecule has 0 unspecified atom stereocenters. The first-order valence-electron chi connectivity index (χ1n) is 10.2. The topological polar surface area (TPSA) is 44.8 Å². The third-order valence-electron chi connectivity index (χ3n) is 6.23. The summed E-state index contributed by atoms with van der Waals surface area (Å²) in [5.74, 6) is 0.779. The van der Waals surface area contributed by atoms with Gasteiger partial charge in [0.25, 0.3) is 5.91 Å². The van der Waals surface area contributed by atoms with Crippen molar-refractivity contribution in [3.8, 4) is 0 Å². The molecular formula is C21H31N3O2. The predicted molar refractivity (Wildman–Crippen MR) is 103 cm³/mol. The van der Waals surface area contributed by atoms with E-state index >= 15 is 0 Å². The molecule has 1 atom stereocenters. The molecular weight excluding hydrogens is 326 g/mol. The fourth-order valence-corrected chi connectivity index (χ4v) is 4.56. The standard InChI is InChI=1S/C21H31N3O2/c25-21(18-5-3-17(4-6-18)19-2-1-9-22-16-19)24-12-10-23(11-13-24)20-7-14-26-15-8-20/h3-6,19-20,22H,1-2,7-16H2/t19-/m0/s1. The molecule has 5 nitrogen and oxygen atoms in total. The summed E-state index contributed by atoms with van der Waals surface area (Å²) in [7, 11) is 0. The molecule has 0 spiro atoms. The van der Waals surface area contributed by atoms with Crippen LogP contribution < -0.4 is 5.32 Å². The van der Waals surface area contributed by atoms with Crippen molar-refractivity contribution in [1.82, 2.24) is 15.1 Å². The first-order chi connectivity index (χ1) is 12.8. The highest BCUT2D eigenvalue weighted by Crippen LogP contribution is 2.24. The maximum absolute atomic E-state index is 12.8. The van der Waals surface area contributed by atoms with Crippen molar-refractivity contribution in [3.63, 3.8) is 0 Å². The van der Waals surface area contributed by atoms with Gasteiger partial charge in [-0.3, -0.25) is 9.69 Å². The lowest BCUT2D eigenvalue weighted by molar-refractivity contribution is 0.0137. The number of amides is 1. The second-order valence-electron chi connectivity index (χ2n) is 7.84. The minimum atomic E-state index is 0.185. The molecule has 142 valence electrons. The predicted octanol–water partition coefficient (Wildman–Crippen LogP) is 2.09. The van der Waals surface area contributed by atoms with Gasteiger partial charge in [0.1, 0.15) is 0 Å². The largest absolute Gasteiger partial charge is 0.381 e. The Morgan fingerprint density at radius 1 is 1.00 bits per heavy atom. The van der Waals surface area contributed by atoms with Crippen molar-refractivity contribution >= 4 is 5.91 Å². The number of piperidine rings is 1. The van der Waals surface area contributed by atoms with Crippen LogP contribution in [0.4, 0.5) is 0 Å². The van der Waals surface area contributed by atoms with E-state index in [1.54, 1.807) is 0 Å². The summed E-state index contributed by atoms with van der Waals surface area (Å²) >= 11 is 0. The number of nitrogens with one attached hydrogen (secondary N) is 1. The van der Waals surface area contributed by atoms with Gasteiger partial charge in [0.15, 0.2) is 0 Å². The number of hydrogen-bond donors (Lipinski definition) is 1. The number of nitrogens with zero attached hydrogens (tertiary/aromatic N) is 2. The Labute approximate surface area is 156 Å². The fraction of sp³-hybridized carbons (Fsp3) is 0.667. The van der Waals surface area contributed by atoms with Gasteiger partial charge in [0, 0.05) is 57.5 Å². The van der Waals surface area contributed by atoms with Crippen LogP contribution in [-0.4, -0.2) is 74.2 Å². The molecule has 4 rings (SSSR count). The summed E-state index contributed by atoms with van der Waals surface area (Å²) in [6.45, 7) is 7.60. The Bertz CT molecular complexity index is 584. The Morgan fingerprint density at radius 2 is 1.73 bits per heavy atom. The Morgan fingerprint density at radius 3 is 2.38 bits per heavy atom. The van der Waals surface area contributed by atoms with E-state index in [-0.39, 0.29) is 5.91 Å². The quantitative estimate of drug-likeness (QED) is 0.900. The van der Waals surface area contributed by atoms with E-state index in [1.807, 2.05) is 17.0 Å². The van der Waals surface area contributed by atoms with E-state index < -0.39 is 0 Å². The highest BCUT2D eigenvalue weighted by Gasteiger charge is 2.27. The molecule has 0 saturated carbocycles. The molecule has 1 aromatic carbocycles. The van der Waals surface area contributed by atoms with Crippen molar-refractivity contribution in [1.29, 1.82) is 0 Å². The molecule has 5 heteroatoms. The number of carbonyl (C=O) groups excluding carboxylic acids is 1. The van der Waals surface area contributed by atoms with Crippen LogP contribution >= 0.6 is 0 Å². The normalized spacial score (nSPS) is 26.0. The lowest BCUT2D eigenvalue weighted by atomic mass is 9.91. The van der Waals surface area contributed by atoms with Gasteiger partial charge in [-0.2, -0.15) is 0 Å². The molecule has 1 N–H and O–H groups in total. The maximum atomic E-state index is 12.8. The number of ether oxygens (including phenoxy) is 1. The zero-order chi connectivity index (χ0) is 17.8. The molecule has 1 aromatic rings. The average Bonchev–Trinajstić information content (AvgIpc) is 2.75. The van der Waals surface area contributed by atoms with E-state index in [4.69, 9.17) is 4.74 Å². The number of piperazine rings is 1.